The lowest BCUT2D eigenvalue weighted by atomic mass is 10.1. The lowest BCUT2D eigenvalue weighted by molar-refractivity contribution is -0.109. The topological polar surface area (TPSA) is 17.1 Å². The van der Waals surface area contributed by atoms with Crippen LogP contribution in [0.25, 0.3) is 0 Å². The summed E-state index contributed by atoms with van der Waals surface area (Å²) in [6.45, 7) is 1.24. The quantitative estimate of drug-likeness (QED) is 0.674. The molecular formula is C8H11F5OS. The van der Waals surface area contributed by atoms with Crippen LogP contribution in [0, 0.1) is 0 Å². The summed E-state index contributed by atoms with van der Waals surface area (Å²) in [5, 5.41) is -0.289. The van der Waals surface area contributed by atoms with E-state index in [1.54, 1.807) is 0 Å². The van der Waals surface area contributed by atoms with Gasteiger partial charge in [0.05, 0.1) is 0 Å². The van der Waals surface area contributed by atoms with Gasteiger partial charge < -0.3 is 0 Å². The van der Waals surface area contributed by atoms with Gasteiger partial charge in [0.15, 0.2) is 17.5 Å². The van der Waals surface area contributed by atoms with Gasteiger partial charge in [-0.1, -0.05) is 11.8 Å². The number of hydrogen-bond donors (Lipinski definition) is 0. The van der Waals surface area contributed by atoms with Crippen LogP contribution in [0.4, 0.5) is 22.0 Å². The van der Waals surface area contributed by atoms with Gasteiger partial charge in [0.25, 0.3) is 6.43 Å². The van der Waals surface area contributed by atoms with Crippen LogP contribution < -0.4 is 0 Å². The molecule has 7 heteroatoms. The maximum atomic E-state index is 12.8. The zero-order valence-corrected chi connectivity index (χ0v) is 8.75. The van der Waals surface area contributed by atoms with Crippen molar-refractivity contribution in [2.45, 2.75) is 38.3 Å². The zero-order chi connectivity index (χ0) is 12.0. The van der Waals surface area contributed by atoms with Crippen molar-refractivity contribution in [3.05, 3.63) is 0 Å². The number of carbonyl (C=O) groups excluding carboxylic acids is 1. The first kappa shape index (κ1) is 14.7. The molecule has 0 aliphatic rings. The van der Waals surface area contributed by atoms with E-state index in [0.717, 1.165) is 11.8 Å². The predicted octanol–water partition coefficient (Wildman–Crippen LogP) is 2.94. The van der Waals surface area contributed by atoms with Crippen molar-refractivity contribution in [3.63, 3.8) is 0 Å². The Morgan fingerprint density at radius 2 is 1.67 bits per heavy atom. The third-order valence-electron chi connectivity index (χ3n) is 1.59. The highest BCUT2D eigenvalue weighted by Gasteiger charge is 2.35. The predicted molar refractivity (Wildman–Crippen MR) is 48.4 cm³/mol. The summed E-state index contributed by atoms with van der Waals surface area (Å²) >= 11 is 0.742. The number of thioether (sulfide) groups is 1. The second-order valence-corrected chi connectivity index (χ2v) is 4.14. The third kappa shape index (κ3) is 5.96. The summed E-state index contributed by atoms with van der Waals surface area (Å²) in [6.07, 6.45) is -12.2. The SMILES string of the molecule is CC(=O)SCCC(F)C(F)C(F)C(F)F. The van der Waals surface area contributed by atoms with Crippen molar-refractivity contribution in [2.75, 3.05) is 5.75 Å². The van der Waals surface area contributed by atoms with Gasteiger partial charge in [0, 0.05) is 12.7 Å². The lowest BCUT2D eigenvalue weighted by Gasteiger charge is -2.16. The molecular weight excluding hydrogens is 239 g/mol. The first-order chi connectivity index (χ1) is 6.86. The first-order valence-electron chi connectivity index (χ1n) is 4.20. The monoisotopic (exact) mass is 250 g/mol. The average Bonchev–Trinajstić information content (AvgIpc) is 2.14. The highest BCUT2D eigenvalue weighted by Crippen LogP contribution is 2.21. The molecule has 0 bridgehead atoms. The zero-order valence-electron chi connectivity index (χ0n) is 7.93. The van der Waals surface area contributed by atoms with Crippen molar-refractivity contribution in [2.24, 2.45) is 0 Å². The maximum Gasteiger partial charge on any atom is 0.272 e. The second-order valence-electron chi connectivity index (χ2n) is 2.87. The average molecular weight is 250 g/mol. The highest BCUT2D eigenvalue weighted by molar-refractivity contribution is 8.13. The number of carbonyl (C=O) groups is 1. The molecule has 0 spiro atoms. The second kappa shape index (κ2) is 7.03. The van der Waals surface area contributed by atoms with Crippen molar-refractivity contribution >= 4 is 16.9 Å². The molecule has 0 aromatic rings. The minimum atomic E-state index is -3.53. The molecule has 90 valence electrons. The van der Waals surface area contributed by atoms with Crippen molar-refractivity contribution in [1.29, 1.82) is 0 Å². The molecule has 0 aromatic carbocycles. The van der Waals surface area contributed by atoms with Gasteiger partial charge in [-0.15, -0.1) is 0 Å². The van der Waals surface area contributed by atoms with Crippen LogP contribution in [0.3, 0.4) is 0 Å². The first-order valence-corrected chi connectivity index (χ1v) is 5.18. The minimum Gasteiger partial charge on any atom is -0.288 e. The molecule has 3 unspecified atom stereocenters. The smallest absolute Gasteiger partial charge is 0.272 e. The summed E-state index contributed by atoms with van der Waals surface area (Å²) in [5.74, 6) is -0.0487. The Bertz CT molecular complexity index is 201. The standard InChI is InChI=1S/C8H11F5OS/c1-4(14)15-3-2-5(9)6(10)7(11)8(12)13/h5-8H,2-3H2,1H3. The molecule has 0 aliphatic heterocycles. The summed E-state index contributed by atoms with van der Waals surface area (Å²) in [7, 11) is 0. The normalized spacial score (nSPS) is 17.5. The Labute approximate surface area is 88.4 Å². The molecule has 0 N–H and O–H groups in total. The van der Waals surface area contributed by atoms with Crippen LogP contribution in [0.1, 0.15) is 13.3 Å². The van der Waals surface area contributed by atoms with E-state index in [9.17, 15) is 26.7 Å². The number of hydrogen-bond acceptors (Lipinski definition) is 2. The van der Waals surface area contributed by atoms with Crippen molar-refractivity contribution in [1.82, 2.24) is 0 Å². The highest BCUT2D eigenvalue weighted by atomic mass is 32.2. The molecule has 0 aromatic heterocycles. The summed E-state index contributed by atoms with van der Waals surface area (Å²) in [5.41, 5.74) is 0. The summed E-state index contributed by atoms with van der Waals surface area (Å²) < 4.78 is 61.0. The van der Waals surface area contributed by atoms with Gasteiger partial charge in [0.1, 0.15) is 6.17 Å². The Morgan fingerprint density at radius 1 is 1.13 bits per heavy atom. The van der Waals surface area contributed by atoms with Gasteiger partial charge in [0.2, 0.25) is 0 Å². The molecule has 0 saturated heterocycles. The largest absolute Gasteiger partial charge is 0.288 e. The van der Waals surface area contributed by atoms with Crippen LogP contribution >= 0.6 is 11.8 Å². The van der Waals surface area contributed by atoms with Gasteiger partial charge in [-0.05, 0) is 6.42 Å². The molecule has 0 aliphatic carbocycles. The van der Waals surface area contributed by atoms with E-state index in [0.29, 0.717) is 0 Å². The summed E-state index contributed by atoms with van der Waals surface area (Å²) in [6, 6.07) is 0. The van der Waals surface area contributed by atoms with Gasteiger partial charge in [-0.25, -0.2) is 22.0 Å². The van der Waals surface area contributed by atoms with E-state index < -0.39 is 31.4 Å². The third-order valence-corrected chi connectivity index (χ3v) is 2.44. The van der Waals surface area contributed by atoms with Gasteiger partial charge >= 0.3 is 0 Å². The Hall–Kier alpha value is -0.330. The van der Waals surface area contributed by atoms with Crippen LogP contribution in [0.5, 0.6) is 0 Å². The van der Waals surface area contributed by atoms with Crippen LogP contribution in [-0.2, 0) is 4.79 Å². The molecule has 0 fully saturated rings. The molecule has 0 radical (unpaired) electrons. The number of rotatable bonds is 6. The fourth-order valence-corrected chi connectivity index (χ4v) is 1.44. The fraction of sp³-hybridized carbons (Fsp3) is 0.875. The summed E-state index contributed by atoms with van der Waals surface area (Å²) in [4.78, 5) is 10.4. The fourth-order valence-electron chi connectivity index (χ4n) is 0.813. The van der Waals surface area contributed by atoms with Crippen LogP contribution in [0.15, 0.2) is 0 Å². The Balaban J connectivity index is 3.88. The Morgan fingerprint density at radius 3 is 2.07 bits per heavy atom. The molecule has 0 amide bonds. The lowest BCUT2D eigenvalue weighted by Crippen LogP contribution is -2.33. The van der Waals surface area contributed by atoms with Gasteiger partial charge in [-0.3, -0.25) is 4.79 Å². The number of alkyl halides is 5. The molecule has 3 atom stereocenters. The molecule has 1 nitrogen and oxygen atoms in total. The van der Waals surface area contributed by atoms with Crippen molar-refractivity contribution in [3.8, 4) is 0 Å². The van der Waals surface area contributed by atoms with E-state index >= 15 is 0 Å². The van der Waals surface area contributed by atoms with Gasteiger partial charge in [-0.2, -0.15) is 0 Å². The van der Waals surface area contributed by atoms with Crippen molar-refractivity contribution < 1.29 is 26.7 Å². The maximum absolute atomic E-state index is 12.8. The van der Waals surface area contributed by atoms with E-state index in [-0.39, 0.29) is 10.9 Å². The van der Waals surface area contributed by atoms with E-state index in [1.165, 1.54) is 6.92 Å². The number of halogens is 5. The molecule has 15 heavy (non-hydrogen) atoms. The van der Waals surface area contributed by atoms with E-state index in [1.807, 2.05) is 0 Å². The molecule has 0 heterocycles. The van der Waals surface area contributed by atoms with Crippen LogP contribution in [0.2, 0.25) is 0 Å². The minimum absolute atomic E-state index is 0.0487. The molecule has 0 saturated carbocycles. The Kier molecular flexibility index (Phi) is 6.87. The van der Waals surface area contributed by atoms with E-state index in [2.05, 4.69) is 0 Å². The van der Waals surface area contributed by atoms with Crippen LogP contribution in [-0.4, -0.2) is 35.8 Å². The molecule has 0 rings (SSSR count). The van der Waals surface area contributed by atoms with E-state index in [4.69, 9.17) is 0 Å².